The van der Waals surface area contributed by atoms with Crippen molar-refractivity contribution in [3.05, 3.63) is 46.7 Å². The molecule has 0 saturated carbocycles. The molecule has 0 radical (unpaired) electrons. The lowest BCUT2D eigenvalue weighted by Crippen LogP contribution is -2.17. The van der Waals surface area contributed by atoms with Crippen LogP contribution in [0.2, 0.25) is 0 Å². The zero-order valence-electron chi connectivity index (χ0n) is 9.07. The van der Waals surface area contributed by atoms with E-state index < -0.39 is 0 Å². The molecule has 0 aliphatic carbocycles. The second-order valence-electron chi connectivity index (χ2n) is 3.86. The van der Waals surface area contributed by atoms with Crippen molar-refractivity contribution in [1.29, 1.82) is 0 Å². The first-order valence-electron chi connectivity index (χ1n) is 5.24. The lowest BCUT2D eigenvalue weighted by molar-refractivity contribution is 0.790. The summed E-state index contributed by atoms with van der Waals surface area (Å²) < 4.78 is 1.12. The number of anilines is 1. The van der Waals surface area contributed by atoms with Gasteiger partial charge in [-0.2, -0.15) is 5.10 Å². The first kappa shape index (κ1) is 11.2. The van der Waals surface area contributed by atoms with Gasteiger partial charge >= 0.3 is 0 Å². The Morgan fingerprint density at radius 1 is 1.38 bits per heavy atom. The molecular weight excluding hydrogens is 266 g/mol. The summed E-state index contributed by atoms with van der Waals surface area (Å²) in [5.74, 6) is 0. The number of hydrogen-bond donors (Lipinski definition) is 2. The molecule has 0 aliphatic heterocycles. The van der Waals surface area contributed by atoms with Gasteiger partial charge in [-0.05, 0) is 31.0 Å². The molecule has 2 N–H and O–H groups in total. The van der Waals surface area contributed by atoms with Gasteiger partial charge in [-0.3, -0.25) is 5.10 Å². The summed E-state index contributed by atoms with van der Waals surface area (Å²) in [4.78, 5) is 0. The van der Waals surface area contributed by atoms with E-state index >= 15 is 0 Å². The molecule has 0 fully saturated rings. The van der Waals surface area contributed by atoms with Crippen LogP contribution in [0.15, 0.2) is 41.1 Å². The van der Waals surface area contributed by atoms with Gasteiger partial charge in [-0.15, -0.1) is 0 Å². The number of hydrogen-bond acceptors (Lipinski definition) is 2. The van der Waals surface area contributed by atoms with Gasteiger partial charge < -0.3 is 5.32 Å². The van der Waals surface area contributed by atoms with Crippen molar-refractivity contribution in [2.75, 3.05) is 5.32 Å². The molecule has 0 saturated heterocycles. The molecule has 0 aliphatic rings. The number of aromatic amines is 1. The Kier molecular flexibility index (Phi) is 3.62. The number of rotatable bonds is 4. The molecule has 2 rings (SSSR count). The van der Waals surface area contributed by atoms with Crippen LogP contribution < -0.4 is 5.32 Å². The third-order valence-corrected chi connectivity index (χ3v) is 2.90. The lowest BCUT2D eigenvalue weighted by atomic mass is 10.1. The molecular formula is C12H14BrN3. The SMILES string of the molecule is CC(Cc1ccc(Br)cc1)Nc1cn[nH]c1. The van der Waals surface area contributed by atoms with Gasteiger partial charge in [0, 0.05) is 16.7 Å². The Morgan fingerprint density at radius 3 is 2.75 bits per heavy atom. The number of halogens is 1. The maximum absolute atomic E-state index is 3.90. The van der Waals surface area contributed by atoms with E-state index in [9.17, 15) is 0 Å². The Labute approximate surface area is 103 Å². The van der Waals surface area contributed by atoms with Crippen LogP contribution in [0.5, 0.6) is 0 Å². The summed E-state index contributed by atoms with van der Waals surface area (Å²) in [5.41, 5.74) is 2.36. The summed E-state index contributed by atoms with van der Waals surface area (Å²) in [6.45, 7) is 2.16. The highest BCUT2D eigenvalue weighted by atomic mass is 79.9. The normalized spacial score (nSPS) is 12.4. The summed E-state index contributed by atoms with van der Waals surface area (Å²) in [7, 11) is 0. The molecule has 0 bridgehead atoms. The Hall–Kier alpha value is -1.29. The molecule has 0 amide bonds. The fourth-order valence-electron chi connectivity index (χ4n) is 1.64. The zero-order chi connectivity index (χ0) is 11.4. The molecule has 1 heterocycles. The minimum absolute atomic E-state index is 0.388. The molecule has 84 valence electrons. The maximum atomic E-state index is 3.90. The molecule has 0 spiro atoms. The Morgan fingerprint density at radius 2 is 2.12 bits per heavy atom. The quantitative estimate of drug-likeness (QED) is 0.902. The smallest absolute Gasteiger partial charge is 0.0725 e. The van der Waals surface area contributed by atoms with Gasteiger partial charge in [0.15, 0.2) is 0 Å². The topological polar surface area (TPSA) is 40.7 Å². The van der Waals surface area contributed by atoms with Gasteiger partial charge in [-0.1, -0.05) is 28.1 Å². The van der Waals surface area contributed by atoms with Gasteiger partial charge in [0.2, 0.25) is 0 Å². The fraction of sp³-hybridized carbons (Fsp3) is 0.250. The van der Waals surface area contributed by atoms with E-state index in [0.717, 1.165) is 16.6 Å². The van der Waals surface area contributed by atoms with Gasteiger partial charge in [0.05, 0.1) is 11.9 Å². The molecule has 1 aromatic carbocycles. The standard InChI is InChI=1S/C12H14BrN3/c1-9(16-12-7-14-15-8-12)6-10-2-4-11(13)5-3-10/h2-5,7-9,16H,6H2,1H3,(H,14,15). The lowest BCUT2D eigenvalue weighted by Gasteiger charge is -2.13. The molecule has 1 unspecified atom stereocenters. The molecule has 3 nitrogen and oxygen atoms in total. The third-order valence-electron chi connectivity index (χ3n) is 2.37. The molecule has 2 aromatic rings. The number of nitrogens with zero attached hydrogens (tertiary/aromatic N) is 1. The number of nitrogens with one attached hydrogen (secondary N) is 2. The van der Waals surface area contributed by atoms with Crippen LogP contribution in [-0.4, -0.2) is 16.2 Å². The summed E-state index contributed by atoms with van der Waals surface area (Å²) in [6, 6.07) is 8.80. The Balaban J connectivity index is 1.92. The van der Waals surface area contributed by atoms with Gasteiger partial charge in [0.25, 0.3) is 0 Å². The van der Waals surface area contributed by atoms with Crippen molar-refractivity contribution in [2.45, 2.75) is 19.4 Å². The summed E-state index contributed by atoms with van der Waals surface area (Å²) in [6.07, 6.45) is 4.65. The zero-order valence-corrected chi connectivity index (χ0v) is 10.7. The van der Waals surface area contributed by atoms with Crippen LogP contribution in [0.25, 0.3) is 0 Å². The maximum Gasteiger partial charge on any atom is 0.0725 e. The monoisotopic (exact) mass is 279 g/mol. The minimum atomic E-state index is 0.388. The first-order chi connectivity index (χ1) is 7.74. The first-order valence-corrected chi connectivity index (χ1v) is 6.03. The second-order valence-corrected chi connectivity index (χ2v) is 4.78. The van der Waals surface area contributed by atoms with Crippen molar-refractivity contribution in [2.24, 2.45) is 0 Å². The van der Waals surface area contributed by atoms with E-state index in [-0.39, 0.29) is 0 Å². The average molecular weight is 280 g/mol. The highest BCUT2D eigenvalue weighted by Gasteiger charge is 2.03. The van der Waals surface area contributed by atoms with E-state index in [1.807, 2.05) is 6.20 Å². The van der Waals surface area contributed by atoms with Crippen LogP contribution in [0, 0.1) is 0 Å². The van der Waals surface area contributed by atoms with Gasteiger partial charge in [-0.25, -0.2) is 0 Å². The van der Waals surface area contributed by atoms with E-state index in [4.69, 9.17) is 0 Å². The largest absolute Gasteiger partial charge is 0.380 e. The molecule has 1 atom stereocenters. The fourth-order valence-corrected chi connectivity index (χ4v) is 1.90. The van der Waals surface area contributed by atoms with Crippen LogP contribution in [0.1, 0.15) is 12.5 Å². The van der Waals surface area contributed by atoms with Crippen molar-refractivity contribution in [1.82, 2.24) is 10.2 Å². The predicted octanol–water partition coefficient (Wildman–Crippen LogP) is 3.22. The van der Waals surface area contributed by atoms with Crippen molar-refractivity contribution in [3.63, 3.8) is 0 Å². The van der Waals surface area contributed by atoms with E-state index in [1.54, 1.807) is 6.20 Å². The average Bonchev–Trinajstić information content (AvgIpc) is 2.74. The van der Waals surface area contributed by atoms with Crippen LogP contribution in [-0.2, 0) is 6.42 Å². The van der Waals surface area contributed by atoms with Gasteiger partial charge in [0.1, 0.15) is 0 Å². The van der Waals surface area contributed by atoms with Crippen molar-refractivity contribution < 1.29 is 0 Å². The second kappa shape index (κ2) is 5.16. The minimum Gasteiger partial charge on any atom is -0.380 e. The number of H-pyrrole nitrogens is 1. The summed E-state index contributed by atoms with van der Waals surface area (Å²) >= 11 is 3.43. The molecule has 1 aromatic heterocycles. The van der Waals surface area contributed by atoms with Crippen molar-refractivity contribution in [3.8, 4) is 0 Å². The van der Waals surface area contributed by atoms with E-state index in [1.165, 1.54) is 5.56 Å². The highest BCUT2D eigenvalue weighted by molar-refractivity contribution is 9.10. The van der Waals surface area contributed by atoms with Crippen LogP contribution >= 0.6 is 15.9 Å². The third kappa shape index (κ3) is 3.10. The number of benzene rings is 1. The van der Waals surface area contributed by atoms with Crippen molar-refractivity contribution >= 4 is 21.6 Å². The Bertz CT molecular complexity index is 422. The molecule has 4 heteroatoms. The summed E-state index contributed by atoms with van der Waals surface area (Å²) in [5, 5.41) is 10.1. The van der Waals surface area contributed by atoms with E-state index in [0.29, 0.717) is 6.04 Å². The van der Waals surface area contributed by atoms with Crippen LogP contribution in [0.3, 0.4) is 0 Å². The number of aromatic nitrogens is 2. The van der Waals surface area contributed by atoms with Crippen LogP contribution in [0.4, 0.5) is 5.69 Å². The highest BCUT2D eigenvalue weighted by Crippen LogP contribution is 2.13. The predicted molar refractivity (Wildman–Crippen MR) is 69.5 cm³/mol. The van der Waals surface area contributed by atoms with E-state index in [2.05, 4.69) is 62.6 Å². The molecule has 16 heavy (non-hydrogen) atoms.